The maximum atomic E-state index is 12.7. The Balaban J connectivity index is 0.00000264. The highest BCUT2D eigenvalue weighted by atomic mass is 35.5. The number of sulfonamides is 1. The first kappa shape index (κ1) is 19.6. The topological polar surface area (TPSA) is 63.4 Å². The first-order chi connectivity index (χ1) is 10.5. The normalized spacial score (nSPS) is 11.3. The summed E-state index contributed by atoms with van der Waals surface area (Å²) in [7, 11) is -3.50. The Morgan fingerprint density at radius 1 is 0.957 bits per heavy atom. The molecule has 0 atom stereocenters. The molecule has 4 nitrogen and oxygen atoms in total. The molecule has 0 saturated carbocycles. The quantitative estimate of drug-likeness (QED) is 0.831. The second-order valence-corrected chi connectivity index (χ2v) is 7.18. The van der Waals surface area contributed by atoms with Crippen molar-refractivity contribution in [2.24, 2.45) is 5.73 Å². The van der Waals surface area contributed by atoms with E-state index in [4.69, 9.17) is 5.73 Å². The zero-order chi connectivity index (χ0) is 16.0. The second kappa shape index (κ2) is 9.03. The Hall–Kier alpha value is -1.40. The standard InChI is InChI=1S/C17H22N2O2S.ClH/c1-15-7-9-17(10-8-15)22(20,21)19(14-12-18)13-11-16-5-3-2-4-6-16;/h2-10H,11-14,18H2,1H3;1H. The predicted octanol–water partition coefficient (Wildman–Crippen LogP) is 2.61. The molecule has 23 heavy (non-hydrogen) atoms. The third kappa shape index (κ3) is 5.32. The van der Waals surface area contributed by atoms with Crippen LogP contribution in [0.25, 0.3) is 0 Å². The average Bonchev–Trinajstić information content (AvgIpc) is 2.52. The van der Waals surface area contributed by atoms with Gasteiger partial charge in [0, 0.05) is 19.6 Å². The molecular formula is C17H23ClN2O2S. The Morgan fingerprint density at radius 2 is 1.57 bits per heavy atom. The van der Waals surface area contributed by atoms with Crippen molar-refractivity contribution >= 4 is 22.4 Å². The number of nitrogens with two attached hydrogens (primary N) is 1. The van der Waals surface area contributed by atoms with Crippen LogP contribution in [0.3, 0.4) is 0 Å². The first-order valence-corrected chi connectivity index (χ1v) is 8.79. The summed E-state index contributed by atoms with van der Waals surface area (Å²) in [6, 6.07) is 16.8. The van der Waals surface area contributed by atoms with E-state index in [2.05, 4.69) is 0 Å². The van der Waals surface area contributed by atoms with Crippen molar-refractivity contribution in [2.75, 3.05) is 19.6 Å². The number of hydrogen-bond donors (Lipinski definition) is 1. The van der Waals surface area contributed by atoms with E-state index in [0.717, 1.165) is 11.1 Å². The van der Waals surface area contributed by atoms with E-state index < -0.39 is 10.0 Å². The van der Waals surface area contributed by atoms with Crippen molar-refractivity contribution in [1.82, 2.24) is 4.31 Å². The van der Waals surface area contributed by atoms with Gasteiger partial charge in [-0.05, 0) is 31.0 Å². The summed E-state index contributed by atoms with van der Waals surface area (Å²) >= 11 is 0. The molecule has 2 aromatic carbocycles. The number of benzene rings is 2. The lowest BCUT2D eigenvalue weighted by Gasteiger charge is -2.21. The van der Waals surface area contributed by atoms with Crippen LogP contribution in [0.5, 0.6) is 0 Å². The maximum absolute atomic E-state index is 12.7. The molecule has 0 heterocycles. The molecule has 0 aliphatic heterocycles. The Bertz CT molecular complexity index is 688. The van der Waals surface area contributed by atoms with Gasteiger partial charge in [0.25, 0.3) is 0 Å². The molecule has 0 bridgehead atoms. The van der Waals surface area contributed by atoms with E-state index in [1.54, 1.807) is 12.1 Å². The number of halogens is 1. The molecule has 2 aromatic rings. The van der Waals surface area contributed by atoms with Crippen molar-refractivity contribution in [3.05, 3.63) is 65.7 Å². The van der Waals surface area contributed by atoms with Gasteiger partial charge in [-0.2, -0.15) is 4.31 Å². The highest BCUT2D eigenvalue weighted by Gasteiger charge is 2.23. The molecule has 2 N–H and O–H groups in total. The lowest BCUT2D eigenvalue weighted by Crippen LogP contribution is -2.36. The van der Waals surface area contributed by atoms with Gasteiger partial charge >= 0.3 is 0 Å². The van der Waals surface area contributed by atoms with Crippen LogP contribution in [0.4, 0.5) is 0 Å². The van der Waals surface area contributed by atoms with Crippen LogP contribution in [0, 0.1) is 6.92 Å². The minimum atomic E-state index is -3.50. The highest BCUT2D eigenvalue weighted by Crippen LogP contribution is 2.16. The van der Waals surface area contributed by atoms with Gasteiger partial charge in [0.2, 0.25) is 10.0 Å². The van der Waals surface area contributed by atoms with Crippen molar-refractivity contribution in [2.45, 2.75) is 18.2 Å². The fourth-order valence-electron chi connectivity index (χ4n) is 2.25. The van der Waals surface area contributed by atoms with Crippen molar-refractivity contribution < 1.29 is 8.42 Å². The highest BCUT2D eigenvalue weighted by molar-refractivity contribution is 7.89. The van der Waals surface area contributed by atoms with Gasteiger partial charge in [-0.3, -0.25) is 0 Å². The summed E-state index contributed by atoms with van der Waals surface area (Å²) in [5, 5.41) is 0. The fraction of sp³-hybridized carbons (Fsp3) is 0.294. The molecular weight excluding hydrogens is 332 g/mol. The van der Waals surface area contributed by atoms with Gasteiger partial charge in [-0.25, -0.2) is 8.42 Å². The molecule has 126 valence electrons. The number of rotatable bonds is 7. The Kier molecular flexibility index (Phi) is 7.72. The summed E-state index contributed by atoms with van der Waals surface area (Å²) in [6.45, 7) is 2.99. The van der Waals surface area contributed by atoms with Gasteiger partial charge in [0.15, 0.2) is 0 Å². The molecule has 0 saturated heterocycles. The summed E-state index contributed by atoms with van der Waals surface area (Å²) in [5.74, 6) is 0. The fourth-order valence-corrected chi connectivity index (χ4v) is 3.71. The molecule has 0 aromatic heterocycles. The molecule has 6 heteroatoms. The molecule has 0 spiro atoms. The number of nitrogens with zero attached hydrogens (tertiary/aromatic N) is 1. The predicted molar refractivity (Wildman–Crippen MR) is 96.4 cm³/mol. The van der Waals surface area contributed by atoms with Crippen LogP contribution >= 0.6 is 12.4 Å². The molecule has 0 radical (unpaired) electrons. The lowest BCUT2D eigenvalue weighted by atomic mass is 10.1. The third-order valence-electron chi connectivity index (χ3n) is 3.53. The van der Waals surface area contributed by atoms with Crippen LogP contribution in [0.1, 0.15) is 11.1 Å². The van der Waals surface area contributed by atoms with Crippen LogP contribution in [0.15, 0.2) is 59.5 Å². The van der Waals surface area contributed by atoms with Gasteiger partial charge in [0.05, 0.1) is 4.90 Å². The van der Waals surface area contributed by atoms with Crippen LogP contribution in [-0.4, -0.2) is 32.4 Å². The zero-order valence-electron chi connectivity index (χ0n) is 13.2. The van der Waals surface area contributed by atoms with E-state index in [0.29, 0.717) is 31.0 Å². The first-order valence-electron chi connectivity index (χ1n) is 7.35. The van der Waals surface area contributed by atoms with E-state index in [-0.39, 0.29) is 12.4 Å². The van der Waals surface area contributed by atoms with Crippen molar-refractivity contribution in [1.29, 1.82) is 0 Å². The van der Waals surface area contributed by atoms with Gasteiger partial charge in [-0.15, -0.1) is 12.4 Å². The Morgan fingerprint density at radius 3 is 2.13 bits per heavy atom. The minimum absolute atomic E-state index is 0. The van der Waals surface area contributed by atoms with Crippen LogP contribution in [0.2, 0.25) is 0 Å². The summed E-state index contributed by atoms with van der Waals surface area (Å²) < 4.78 is 26.9. The Labute approximate surface area is 144 Å². The summed E-state index contributed by atoms with van der Waals surface area (Å²) in [4.78, 5) is 0.319. The van der Waals surface area contributed by atoms with E-state index in [1.165, 1.54) is 4.31 Å². The van der Waals surface area contributed by atoms with E-state index in [1.807, 2.05) is 49.4 Å². The van der Waals surface area contributed by atoms with E-state index >= 15 is 0 Å². The number of aryl methyl sites for hydroxylation is 1. The summed E-state index contributed by atoms with van der Waals surface area (Å²) in [6.07, 6.45) is 0.673. The van der Waals surface area contributed by atoms with Gasteiger partial charge in [0.1, 0.15) is 0 Å². The smallest absolute Gasteiger partial charge is 0.243 e. The molecule has 0 amide bonds. The summed E-state index contributed by atoms with van der Waals surface area (Å²) in [5.41, 5.74) is 7.74. The minimum Gasteiger partial charge on any atom is -0.329 e. The average molecular weight is 355 g/mol. The van der Waals surface area contributed by atoms with Crippen LogP contribution in [-0.2, 0) is 16.4 Å². The molecule has 0 aliphatic rings. The van der Waals surface area contributed by atoms with Crippen LogP contribution < -0.4 is 5.73 Å². The van der Waals surface area contributed by atoms with Crippen molar-refractivity contribution in [3.63, 3.8) is 0 Å². The second-order valence-electron chi connectivity index (χ2n) is 5.24. The monoisotopic (exact) mass is 354 g/mol. The van der Waals surface area contributed by atoms with Crippen molar-refractivity contribution in [3.8, 4) is 0 Å². The molecule has 0 fully saturated rings. The molecule has 0 unspecified atom stereocenters. The third-order valence-corrected chi connectivity index (χ3v) is 5.44. The van der Waals surface area contributed by atoms with Gasteiger partial charge in [-0.1, -0.05) is 48.0 Å². The largest absolute Gasteiger partial charge is 0.329 e. The van der Waals surface area contributed by atoms with Gasteiger partial charge < -0.3 is 5.73 Å². The molecule has 2 rings (SSSR count). The zero-order valence-corrected chi connectivity index (χ0v) is 14.8. The number of hydrogen-bond acceptors (Lipinski definition) is 3. The maximum Gasteiger partial charge on any atom is 0.243 e. The molecule has 0 aliphatic carbocycles. The SMILES string of the molecule is Cc1ccc(S(=O)(=O)N(CCN)CCc2ccccc2)cc1.Cl. The van der Waals surface area contributed by atoms with E-state index in [9.17, 15) is 8.42 Å². The lowest BCUT2D eigenvalue weighted by molar-refractivity contribution is 0.421.